The highest BCUT2D eigenvalue weighted by atomic mass is 19.1. The van der Waals surface area contributed by atoms with Crippen molar-refractivity contribution in [2.24, 2.45) is 0 Å². The summed E-state index contributed by atoms with van der Waals surface area (Å²) in [6, 6.07) is 7.09. The highest BCUT2D eigenvalue weighted by molar-refractivity contribution is 5.93. The van der Waals surface area contributed by atoms with E-state index >= 15 is 0 Å². The summed E-state index contributed by atoms with van der Waals surface area (Å²) in [4.78, 5) is 23.9. The highest BCUT2D eigenvalue weighted by Crippen LogP contribution is 2.26. The first kappa shape index (κ1) is 15.7. The molecule has 0 fully saturated rings. The Balaban J connectivity index is 2.30. The van der Waals surface area contributed by atoms with E-state index in [-0.39, 0.29) is 12.1 Å². The van der Waals surface area contributed by atoms with Crippen LogP contribution in [0.5, 0.6) is 0 Å². The Morgan fingerprint density at radius 3 is 2.55 bits per heavy atom. The standard InChI is InChI=1S/C15H16FN3O3/c1-15(9-13(20)22-2,10-3-5-11(16)6-4-10)18-14(21)12-7-8-17-19-12/h3-8H,9H2,1-2H3,(H,17,19)(H,18,21)/t15-/m0/s1. The minimum absolute atomic E-state index is 0.0883. The van der Waals surface area contributed by atoms with Crippen LogP contribution in [0.1, 0.15) is 29.4 Å². The van der Waals surface area contributed by atoms with Gasteiger partial charge in [-0.1, -0.05) is 12.1 Å². The molecule has 0 spiro atoms. The minimum Gasteiger partial charge on any atom is -0.469 e. The third-order valence-electron chi connectivity index (χ3n) is 3.34. The number of aromatic nitrogens is 2. The van der Waals surface area contributed by atoms with Crippen molar-refractivity contribution in [3.8, 4) is 0 Å². The van der Waals surface area contributed by atoms with Crippen molar-refractivity contribution >= 4 is 11.9 Å². The Morgan fingerprint density at radius 2 is 2.00 bits per heavy atom. The van der Waals surface area contributed by atoms with Gasteiger partial charge in [-0.05, 0) is 30.7 Å². The van der Waals surface area contributed by atoms with E-state index in [2.05, 4.69) is 20.3 Å². The topological polar surface area (TPSA) is 84.1 Å². The van der Waals surface area contributed by atoms with E-state index in [1.54, 1.807) is 6.92 Å². The van der Waals surface area contributed by atoms with E-state index < -0.39 is 23.2 Å². The zero-order valence-electron chi connectivity index (χ0n) is 12.2. The molecule has 1 aromatic carbocycles. The number of H-pyrrole nitrogens is 1. The number of nitrogens with one attached hydrogen (secondary N) is 2. The first-order chi connectivity index (χ1) is 10.4. The molecule has 0 unspecified atom stereocenters. The van der Waals surface area contributed by atoms with Crippen LogP contribution in [-0.2, 0) is 15.1 Å². The average molecular weight is 305 g/mol. The van der Waals surface area contributed by atoms with Crippen molar-refractivity contribution in [2.75, 3.05) is 7.11 Å². The molecule has 0 saturated heterocycles. The second-order valence-electron chi connectivity index (χ2n) is 5.02. The molecule has 1 atom stereocenters. The fourth-order valence-corrected chi connectivity index (χ4v) is 2.10. The summed E-state index contributed by atoms with van der Waals surface area (Å²) in [6.45, 7) is 1.67. The van der Waals surface area contributed by atoms with Crippen molar-refractivity contribution in [2.45, 2.75) is 18.9 Å². The molecule has 2 rings (SSSR count). The number of aromatic amines is 1. The lowest BCUT2D eigenvalue weighted by molar-refractivity contribution is -0.142. The molecule has 0 aliphatic rings. The Labute approximate surface area is 126 Å². The van der Waals surface area contributed by atoms with Gasteiger partial charge >= 0.3 is 5.97 Å². The molecule has 116 valence electrons. The average Bonchev–Trinajstić information content (AvgIpc) is 3.01. The number of esters is 1. The number of halogens is 1. The van der Waals surface area contributed by atoms with Gasteiger partial charge in [0.2, 0.25) is 0 Å². The van der Waals surface area contributed by atoms with Gasteiger partial charge in [-0.15, -0.1) is 0 Å². The summed E-state index contributed by atoms with van der Waals surface area (Å²) in [5.41, 5.74) is -0.187. The third-order valence-corrected chi connectivity index (χ3v) is 3.34. The molecule has 2 N–H and O–H groups in total. The van der Waals surface area contributed by atoms with E-state index in [0.29, 0.717) is 5.56 Å². The first-order valence-corrected chi connectivity index (χ1v) is 6.59. The number of benzene rings is 1. The van der Waals surface area contributed by atoms with Gasteiger partial charge in [-0.3, -0.25) is 14.7 Å². The van der Waals surface area contributed by atoms with Crippen molar-refractivity contribution < 1.29 is 18.7 Å². The van der Waals surface area contributed by atoms with Gasteiger partial charge in [0.15, 0.2) is 0 Å². The summed E-state index contributed by atoms with van der Waals surface area (Å²) in [7, 11) is 1.27. The maximum Gasteiger partial charge on any atom is 0.308 e. The number of hydrogen-bond acceptors (Lipinski definition) is 4. The zero-order chi connectivity index (χ0) is 16.2. The van der Waals surface area contributed by atoms with Gasteiger partial charge in [0.1, 0.15) is 11.5 Å². The van der Waals surface area contributed by atoms with E-state index in [9.17, 15) is 14.0 Å². The number of methoxy groups -OCH3 is 1. The van der Waals surface area contributed by atoms with Crippen LogP contribution in [0.15, 0.2) is 36.5 Å². The van der Waals surface area contributed by atoms with E-state index in [1.807, 2.05) is 0 Å². The molecule has 22 heavy (non-hydrogen) atoms. The molecular weight excluding hydrogens is 289 g/mol. The maximum absolute atomic E-state index is 13.1. The Morgan fingerprint density at radius 1 is 1.32 bits per heavy atom. The van der Waals surface area contributed by atoms with Gasteiger partial charge in [0, 0.05) is 6.20 Å². The van der Waals surface area contributed by atoms with Gasteiger partial charge in [0.05, 0.1) is 19.1 Å². The molecule has 0 aliphatic heterocycles. The lowest BCUT2D eigenvalue weighted by Crippen LogP contribution is -2.45. The van der Waals surface area contributed by atoms with Crippen LogP contribution in [0.25, 0.3) is 0 Å². The SMILES string of the molecule is COC(=O)C[C@](C)(NC(=O)c1ccn[nH]1)c1ccc(F)cc1. The Bertz CT molecular complexity index is 655. The largest absolute Gasteiger partial charge is 0.469 e. The van der Waals surface area contributed by atoms with Crippen LogP contribution in [0.4, 0.5) is 4.39 Å². The first-order valence-electron chi connectivity index (χ1n) is 6.59. The number of hydrogen-bond donors (Lipinski definition) is 2. The molecule has 7 heteroatoms. The number of carbonyl (C=O) groups excluding carboxylic acids is 2. The highest BCUT2D eigenvalue weighted by Gasteiger charge is 2.32. The van der Waals surface area contributed by atoms with Crippen LogP contribution >= 0.6 is 0 Å². The van der Waals surface area contributed by atoms with Crippen molar-refractivity contribution in [1.82, 2.24) is 15.5 Å². The van der Waals surface area contributed by atoms with Crippen LogP contribution in [-0.4, -0.2) is 29.2 Å². The number of rotatable bonds is 5. The summed E-state index contributed by atoms with van der Waals surface area (Å²) in [5, 5.41) is 9.02. The lowest BCUT2D eigenvalue weighted by Gasteiger charge is -2.30. The Hall–Kier alpha value is -2.70. The molecule has 6 nitrogen and oxygen atoms in total. The fourth-order valence-electron chi connectivity index (χ4n) is 2.10. The fraction of sp³-hybridized carbons (Fsp3) is 0.267. The van der Waals surface area contributed by atoms with Gasteiger partial charge in [-0.25, -0.2) is 4.39 Å². The number of carbonyl (C=O) groups is 2. The molecule has 0 radical (unpaired) electrons. The van der Waals surface area contributed by atoms with E-state index in [0.717, 1.165) is 0 Å². The predicted octanol–water partition coefficient (Wildman–Crippen LogP) is 1.76. The number of amides is 1. The lowest BCUT2D eigenvalue weighted by atomic mass is 9.88. The quantitative estimate of drug-likeness (QED) is 0.824. The van der Waals surface area contributed by atoms with Crippen LogP contribution in [0.3, 0.4) is 0 Å². The minimum atomic E-state index is -1.04. The maximum atomic E-state index is 13.1. The number of ether oxygens (including phenoxy) is 1. The van der Waals surface area contributed by atoms with E-state index in [4.69, 9.17) is 0 Å². The van der Waals surface area contributed by atoms with Crippen LogP contribution in [0, 0.1) is 5.82 Å². The summed E-state index contributed by atoms with van der Waals surface area (Å²) >= 11 is 0. The molecule has 0 aliphatic carbocycles. The van der Waals surface area contributed by atoms with E-state index in [1.165, 1.54) is 43.6 Å². The summed E-state index contributed by atoms with van der Waals surface area (Å²) in [6.07, 6.45) is 1.36. The van der Waals surface area contributed by atoms with Crippen LogP contribution in [0.2, 0.25) is 0 Å². The summed E-state index contributed by atoms with van der Waals surface area (Å²) < 4.78 is 17.8. The second-order valence-corrected chi connectivity index (χ2v) is 5.02. The molecule has 0 saturated carbocycles. The normalized spacial score (nSPS) is 13.2. The monoisotopic (exact) mass is 305 g/mol. The second kappa shape index (κ2) is 6.38. The Kier molecular flexibility index (Phi) is 4.55. The molecular formula is C15H16FN3O3. The van der Waals surface area contributed by atoms with Crippen LogP contribution < -0.4 is 5.32 Å². The van der Waals surface area contributed by atoms with Crippen molar-refractivity contribution in [1.29, 1.82) is 0 Å². The smallest absolute Gasteiger partial charge is 0.308 e. The molecule has 1 heterocycles. The molecule has 1 amide bonds. The van der Waals surface area contributed by atoms with Gasteiger partial charge in [-0.2, -0.15) is 5.10 Å². The van der Waals surface area contributed by atoms with Crippen molar-refractivity contribution in [3.05, 3.63) is 53.6 Å². The predicted molar refractivity (Wildman–Crippen MR) is 76.4 cm³/mol. The zero-order valence-corrected chi connectivity index (χ0v) is 12.2. The molecule has 0 bridgehead atoms. The summed E-state index contributed by atoms with van der Waals surface area (Å²) in [5.74, 6) is -1.31. The number of nitrogens with zero attached hydrogens (tertiary/aromatic N) is 1. The van der Waals surface area contributed by atoms with Gasteiger partial charge < -0.3 is 10.1 Å². The molecule has 1 aromatic heterocycles. The van der Waals surface area contributed by atoms with Gasteiger partial charge in [0.25, 0.3) is 5.91 Å². The molecule has 2 aromatic rings. The van der Waals surface area contributed by atoms with Crippen molar-refractivity contribution in [3.63, 3.8) is 0 Å². The third kappa shape index (κ3) is 3.49.